The molecule has 0 fully saturated rings. The zero-order valence-electron chi connectivity index (χ0n) is 10.5. The number of hydrogen-bond acceptors (Lipinski definition) is 6. The molecule has 0 aliphatic rings. The lowest BCUT2D eigenvalue weighted by Gasteiger charge is -2.14. The molecule has 1 atom stereocenters. The molecule has 0 saturated carbocycles. The molecular formula is C11H18N4O2S. The smallest absolute Gasteiger partial charge is 0.311 e. The second kappa shape index (κ2) is 7.05. The van der Waals surface area contributed by atoms with Crippen LogP contribution < -0.4 is 11.1 Å². The Kier molecular flexibility index (Phi) is 5.70. The van der Waals surface area contributed by atoms with Gasteiger partial charge in [-0.15, -0.1) is 0 Å². The molecule has 3 N–H and O–H groups in total. The summed E-state index contributed by atoms with van der Waals surface area (Å²) in [5.41, 5.74) is 5.37. The molecule has 1 heterocycles. The highest BCUT2D eigenvalue weighted by molar-refractivity contribution is 7.99. The van der Waals surface area contributed by atoms with E-state index in [0.717, 1.165) is 17.9 Å². The van der Waals surface area contributed by atoms with Crippen molar-refractivity contribution in [3.8, 4) is 0 Å². The number of thioether (sulfide) groups is 1. The highest BCUT2D eigenvalue weighted by Crippen LogP contribution is 2.21. The molecule has 0 aliphatic carbocycles. The number of nitrogens with zero attached hydrogens (tertiary/aromatic N) is 2. The van der Waals surface area contributed by atoms with Gasteiger partial charge in [0, 0.05) is 12.1 Å². The van der Waals surface area contributed by atoms with Crippen molar-refractivity contribution in [2.24, 2.45) is 0 Å². The lowest BCUT2D eigenvalue weighted by atomic mass is 10.2. The van der Waals surface area contributed by atoms with Gasteiger partial charge in [0.05, 0.1) is 4.92 Å². The van der Waals surface area contributed by atoms with E-state index >= 15 is 0 Å². The predicted molar refractivity (Wildman–Crippen MR) is 76.0 cm³/mol. The summed E-state index contributed by atoms with van der Waals surface area (Å²) < 4.78 is 0. The van der Waals surface area contributed by atoms with Gasteiger partial charge < -0.3 is 11.1 Å². The van der Waals surface area contributed by atoms with Crippen LogP contribution in [0.1, 0.15) is 20.3 Å². The Morgan fingerprint density at radius 3 is 2.89 bits per heavy atom. The van der Waals surface area contributed by atoms with E-state index in [9.17, 15) is 10.1 Å². The Hall–Kier alpha value is -1.50. The Labute approximate surface area is 111 Å². The molecular weight excluding hydrogens is 252 g/mol. The first-order valence-electron chi connectivity index (χ1n) is 5.79. The second-order valence-corrected chi connectivity index (χ2v) is 5.28. The summed E-state index contributed by atoms with van der Waals surface area (Å²) in [6, 6.07) is 3.22. The lowest BCUT2D eigenvalue weighted by Crippen LogP contribution is -2.17. The summed E-state index contributed by atoms with van der Waals surface area (Å²) in [6.45, 7) is 4.18. The minimum absolute atomic E-state index is 0.0554. The predicted octanol–water partition coefficient (Wildman–Crippen LogP) is 2.52. The molecule has 1 aromatic rings. The van der Waals surface area contributed by atoms with Gasteiger partial charge in [0.2, 0.25) is 5.82 Å². The maximum Gasteiger partial charge on any atom is 0.311 e. The van der Waals surface area contributed by atoms with Crippen LogP contribution in [0.2, 0.25) is 0 Å². The molecule has 6 nitrogen and oxygen atoms in total. The zero-order valence-corrected chi connectivity index (χ0v) is 11.4. The fourth-order valence-corrected chi connectivity index (χ4v) is 2.24. The van der Waals surface area contributed by atoms with Gasteiger partial charge in [0.15, 0.2) is 0 Å². The number of anilines is 2. The first-order chi connectivity index (χ1) is 8.54. The monoisotopic (exact) mass is 270 g/mol. The standard InChI is InChI=1S/C11H18N4O2S/c1-3-18-7-6-8(2)13-10-5-4-9(15(16)17)11(12)14-10/h4-5,8H,3,6-7H2,1-2H3,(H3,12,13,14). The third-order valence-electron chi connectivity index (χ3n) is 2.39. The second-order valence-electron chi connectivity index (χ2n) is 3.89. The number of nitrogens with one attached hydrogen (secondary N) is 1. The largest absolute Gasteiger partial charge is 0.378 e. The molecule has 1 aromatic heterocycles. The molecule has 0 radical (unpaired) electrons. The van der Waals surface area contributed by atoms with E-state index in [1.54, 1.807) is 6.07 Å². The van der Waals surface area contributed by atoms with Crippen LogP contribution in [-0.4, -0.2) is 27.5 Å². The van der Waals surface area contributed by atoms with E-state index in [2.05, 4.69) is 24.1 Å². The molecule has 0 saturated heterocycles. The van der Waals surface area contributed by atoms with Gasteiger partial charge in [0.25, 0.3) is 0 Å². The summed E-state index contributed by atoms with van der Waals surface area (Å²) in [5, 5.41) is 13.8. The van der Waals surface area contributed by atoms with E-state index < -0.39 is 4.92 Å². The third kappa shape index (κ3) is 4.40. The van der Waals surface area contributed by atoms with Crippen LogP contribution in [0.3, 0.4) is 0 Å². The van der Waals surface area contributed by atoms with Crippen LogP contribution in [0.5, 0.6) is 0 Å². The topological polar surface area (TPSA) is 94.1 Å². The van der Waals surface area contributed by atoms with Gasteiger partial charge in [-0.1, -0.05) is 6.92 Å². The van der Waals surface area contributed by atoms with Gasteiger partial charge in [-0.2, -0.15) is 11.8 Å². The van der Waals surface area contributed by atoms with Crippen LogP contribution in [0, 0.1) is 10.1 Å². The molecule has 0 aromatic carbocycles. The van der Waals surface area contributed by atoms with E-state index in [-0.39, 0.29) is 17.5 Å². The van der Waals surface area contributed by atoms with Crippen LogP contribution in [0.15, 0.2) is 12.1 Å². The number of rotatable bonds is 7. The molecule has 1 unspecified atom stereocenters. The minimum atomic E-state index is -0.534. The minimum Gasteiger partial charge on any atom is -0.378 e. The average Bonchev–Trinajstić information content (AvgIpc) is 2.28. The van der Waals surface area contributed by atoms with Crippen molar-refractivity contribution in [2.45, 2.75) is 26.3 Å². The van der Waals surface area contributed by atoms with Crippen molar-refractivity contribution in [1.82, 2.24) is 4.98 Å². The number of nitrogen functional groups attached to an aromatic ring is 1. The highest BCUT2D eigenvalue weighted by atomic mass is 32.2. The van der Waals surface area contributed by atoms with E-state index in [1.807, 2.05) is 11.8 Å². The number of hydrogen-bond donors (Lipinski definition) is 2. The van der Waals surface area contributed by atoms with Crippen molar-refractivity contribution in [3.63, 3.8) is 0 Å². The highest BCUT2D eigenvalue weighted by Gasteiger charge is 2.13. The van der Waals surface area contributed by atoms with E-state index in [4.69, 9.17) is 5.73 Å². The first kappa shape index (κ1) is 14.6. The quantitative estimate of drug-likeness (QED) is 0.449. The van der Waals surface area contributed by atoms with Crippen molar-refractivity contribution < 1.29 is 4.92 Å². The third-order valence-corrected chi connectivity index (χ3v) is 3.33. The van der Waals surface area contributed by atoms with E-state index in [1.165, 1.54) is 6.07 Å². The fraction of sp³-hybridized carbons (Fsp3) is 0.545. The first-order valence-corrected chi connectivity index (χ1v) is 6.95. The van der Waals surface area contributed by atoms with Crippen molar-refractivity contribution in [3.05, 3.63) is 22.2 Å². The van der Waals surface area contributed by atoms with Crippen molar-refractivity contribution >= 4 is 29.1 Å². The molecule has 7 heteroatoms. The van der Waals surface area contributed by atoms with Crippen molar-refractivity contribution in [1.29, 1.82) is 0 Å². The molecule has 18 heavy (non-hydrogen) atoms. The SMILES string of the molecule is CCSCCC(C)Nc1ccc([N+](=O)[O-])c(N)n1. The van der Waals surface area contributed by atoms with E-state index in [0.29, 0.717) is 5.82 Å². The normalized spacial score (nSPS) is 12.1. The summed E-state index contributed by atoms with van der Waals surface area (Å²) in [7, 11) is 0. The molecule has 0 bridgehead atoms. The van der Waals surface area contributed by atoms with Gasteiger partial charge in [-0.05, 0) is 30.9 Å². The average molecular weight is 270 g/mol. The number of aromatic nitrogens is 1. The summed E-state index contributed by atoms with van der Waals surface area (Å²) in [6.07, 6.45) is 1.01. The Morgan fingerprint density at radius 2 is 2.33 bits per heavy atom. The lowest BCUT2D eigenvalue weighted by molar-refractivity contribution is -0.384. The summed E-state index contributed by atoms with van der Waals surface area (Å²) >= 11 is 1.88. The maximum absolute atomic E-state index is 10.6. The molecule has 1 rings (SSSR count). The zero-order chi connectivity index (χ0) is 13.5. The van der Waals surface area contributed by atoms with Crippen LogP contribution in [-0.2, 0) is 0 Å². The fourth-order valence-electron chi connectivity index (χ4n) is 1.43. The molecule has 0 spiro atoms. The Morgan fingerprint density at radius 1 is 1.61 bits per heavy atom. The van der Waals surface area contributed by atoms with Gasteiger partial charge >= 0.3 is 5.69 Å². The summed E-state index contributed by atoms with van der Waals surface area (Å²) in [5.74, 6) is 2.70. The van der Waals surface area contributed by atoms with Crippen molar-refractivity contribution in [2.75, 3.05) is 22.6 Å². The molecule has 0 amide bonds. The number of pyridine rings is 1. The molecule has 0 aliphatic heterocycles. The maximum atomic E-state index is 10.6. The van der Waals surface area contributed by atoms with Crippen LogP contribution in [0.4, 0.5) is 17.3 Å². The van der Waals surface area contributed by atoms with Crippen LogP contribution in [0.25, 0.3) is 0 Å². The number of nitro groups is 1. The number of nitrogens with two attached hydrogens (primary N) is 1. The molecule has 100 valence electrons. The Balaban J connectivity index is 2.57. The van der Waals surface area contributed by atoms with Gasteiger partial charge in [-0.25, -0.2) is 4.98 Å². The van der Waals surface area contributed by atoms with Gasteiger partial charge in [-0.3, -0.25) is 10.1 Å². The Bertz CT molecular complexity index is 414. The van der Waals surface area contributed by atoms with Crippen LogP contribution >= 0.6 is 11.8 Å². The van der Waals surface area contributed by atoms with Gasteiger partial charge in [0.1, 0.15) is 5.82 Å². The summed E-state index contributed by atoms with van der Waals surface area (Å²) in [4.78, 5) is 14.0.